The molecule has 8 heteroatoms. The van der Waals surface area contributed by atoms with E-state index < -0.39 is 0 Å². The van der Waals surface area contributed by atoms with Gasteiger partial charge in [-0.1, -0.05) is 46.3 Å². The van der Waals surface area contributed by atoms with E-state index >= 15 is 0 Å². The van der Waals surface area contributed by atoms with Crippen molar-refractivity contribution in [2.45, 2.75) is 56.4 Å². The Hall–Kier alpha value is -2.84. The standard InChI is InChI=1S/C27H25BrN4O2S/c1-16-21(19-15-18(28)7-8-20(19)29-22(16)17-5-3-2-4-6-17)23(33)31-27-12-9-26(10-13-27,11-14-27)24-30-25(34)35-32-24/h2-8,15H,9-14H2,1H3,(H,31,33)(H,30,32,34). The summed E-state index contributed by atoms with van der Waals surface area (Å²) < 4.78 is 5.33. The van der Waals surface area contributed by atoms with Crippen LogP contribution in [0.15, 0.2) is 57.8 Å². The minimum Gasteiger partial charge on any atom is -0.347 e. The normalized spacial score (nSPS) is 23.5. The van der Waals surface area contributed by atoms with E-state index in [1.54, 1.807) is 0 Å². The molecule has 0 unspecified atom stereocenters. The number of amides is 1. The Labute approximate surface area is 215 Å². The molecule has 0 spiro atoms. The maximum Gasteiger partial charge on any atom is 0.323 e. The van der Waals surface area contributed by atoms with Crippen molar-refractivity contribution >= 4 is 44.3 Å². The first-order valence-electron chi connectivity index (χ1n) is 11.9. The summed E-state index contributed by atoms with van der Waals surface area (Å²) in [4.78, 5) is 33.4. The van der Waals surface area contributed by atoms with E-state index in [0.29, 0.717) is 5.56 Å². The minimum absolute atomic E-state index is 0.0401. The van der Waals surface area contributed by atoms with Gasteiger partial charge in [-0.05, 0) is 69.2 Å². The molecule has 35 heavy (non-hydrogen) atoms. The molecule has 6 nitrogen and oxygen atoms in total. The number of nitrogens with zero attached hydrogens (tertiary/aromatic N) is 2. The maximum absolute atomic E-state index is 14.0. The highest BCUT2D eigenvalue weighted by Gasteiger charge is 2.51. The molecule has 1 amide bonds. The van der Waals surface area contributed by atoms with Gasteiger partial charge in [-0.3, -0.25) is 14.6 Å². The van der Waals surface area contributed by atoms with Gasteiger partial charge in [0.1, 0.15) is 5.82 Å². The summed E-state index contributed by atoms with van der Waals surface area (Å²) in [6.07, 6.45) is 5.41. The fourth-order valence-corrected chi connectivity index (χ4v) is 6.91. The Bertz CT molecular complexity index is 1490. The molecule has 2 aromatic carbocycles. The molecule has 0 radical (unpaired) electrons. The van der Waals surface area contributed by atoms with Crippen LogP contribution >= 0.6 is 27.5 Å². The van der Waals surface area contributed by atoms with Crippen molar-refractivity contribution in [3.05, 3.63) is 79.6 Å². The van der Waals surface area contributed by atoms with Crippen LogP contribution < -0.4 is 10.2 Å². The molecule has 2 bridgehead atoms. The Morgan fingerprint density at radius 2 is 1.77 bits per heavy atom. The molecular formula is C27H25BrN4O2S. The first-order chi connectivity index (χ1) is 16.9. The van der Waals surface area contributed by atoms with E-state index in [1.807, 2.05) is 55.5 Å². The minimum atomic E-state index is -0.226. The SMILES string of the molecule is Cc1c(-c2ccccc2)nc2ccc(Br)cc2c1C(=O)NC12CCC(c3nsc(=O)[nH]3)(CC1)CC2. The van der Waals surface area contributed by atoms with E-state index in [0.717, 1.165) is 88.1 Å². The lowest BCUT2D eigenvalue weighted by molar-refractivity contribution is 0.0582. The van der Waals surface area contributed by atoms with Crippen LogP contribution in [-0.2, 0) is 5.41 Å². The van der Waals surface area contributed by atoms with Crippen molar-refractivity contribution in [3.8, 4) is 11.3 Å². The molecule has 0 saturated heterocycles. The number of hydrogen-bond donors (Lipinski definition) is 2. The number of nitrogens with one attached hydrogen (secondary N) is 2. The molecule has 2 N–H and O–H groups in total. The van der Waals surface area contributed by atoms with Gasteiger partial charge in [-0.25, -0.2) is 4.98 Å². The summed E-state index contributed by atoms with van der Waals surface area (Å²) in [5.41, 5.74) is 3.93. The molecule has 3 aliphatic carbocycles. The van der Waals surface area contributed by atoms with Crippen LogP contribution in [0, 0.1) is 6.92 Å². The number of benzene rings is 2. The Morgan fingerprint density at radius 3 is 2.43 bits per heavy atom. The van der Waals surface area contributed by atoms with Crippen LogP contribution in [0.4, 0.5) is 0 Å². The van der Waals surface area contributed by atoms with E-state index in [1.165, 1.54) is 0 Å². The summed E-state index contributed by atoms with van der Waals surface area (Å²) in [5, 5.41) is 4.32. The Balaban J connectivity index is 1.36. The van der Waals surface area contributed by atoms with Gasteiger partial charge < -0.3 is 5.32 Å². The van der Waals surface area contributed by atoms with E-state index in [2.05, 4.69) is 30.6 Å². The fourth-order valence-electron chi connectivity index (χ4n) is 5.99. The number of aromatic nitrogens is 3. The molecule has 0 aliphatic heterocycles. The second kappa shape index (κ2) is 8.38. The topological polar surface area (TPSA) is 87.7 Å². The van der Waals surface area contributed by atoms with Gasteiger partial charge in [0, 0.05) is 37.9 Å². The summed E-state index contributed by atoms with van der Waals surface area (Å²) >= 11 is 4.57. The lowest BCUT2D eigenvalue weighted by Gasteiger charge is -2.52. The smallest absolute Gasteiger partial charge is 0.323 e. The molecule has 3 aliphatic rings. The third kappa shape index (κ3) is 3.83. The first kappa shape index (κ1) is 22.6. The second-order valence-corrected chi connectivity index (χ2v) is 11.6. The number of pyridine rings is 1. The highest BCUT2D eigenvalue weighted by atomic mass is 79.9. The van der Waals surface area contributed by atoms with Gasteiger partial charge in [-0.15, -0.1) is 0 Å². The number of halogens is 1. The average Bonchev–Trinajstić information content (AvgIpc) is 3.32. The molecule has 3 saturated carbocycles. The number of fused-ring (bicyclic) bond motifs is 4. The Kier molecular flexibility index (Phi) is 5.41. The van der Waals surface area contributed by atoms with Gasteiger partial charge in [0.2, 0.25) is 0 Å². The number of aromatic amines is 1. The quantitative estimate of drug-likeness (QED) is 0.332. The predicted molar refractivity (Wildman–Crippen MR) is 142 cm³/mol. The number of carbonyl (C=O) groups is 1. The average molecular weight is 549 g/mol. The highest BCUT2D eigenvalue weighted by molar-refractivity contribution is 9.10. The van der Waals surface area contributed by atoms with Crippen molar-refractivity contribution in [2.75, 3.05) is 0 Å². The summed E-state index contributed by atoms with van der Waals surface area (Å²) in [7, 11) is 0. The molecule has 0 atom stereocenters. The molecule has 2 aromatic heterocycles. The van der Waals surface area contributed by atoms with Gasteiger partial charge in [0.15, 0.2) is 0 Å². The highest BCUT2D eigenvalue weighted by Crippen LogP contribution is 2.52. The van der Waals surface area contributed by atoms with E-state index in [-0.39, 0.29) is 21.7 Å². The first-order valence-corrected chi connectivity index (χ1v) is 13.5. The fraction of sp³-hybridized carbons (Fsp3) is 0.333. The zero-order chi connectivity index (χ0) is 24.2. The van der Waals surface area contributed by atoms with Crippen molar-refractivity contribution < 1.29 is 4.79 Å². The molecule has 2 heterocycles. The number of rotatable bonds is 4. The predicted octanol–water partition coefficient (Wildman–Crippen LogP) is 5.89. The van der Waals surface area contributed by atoms with E-state index in [4.69, 9.17) is 4.98 Å². The lowest BCUT2D eigenvalue weighted by atomic mass is 9.57. The van der Waals surface area contributed by atoms with Crippen LogP contribution in [0.1, 0.15) is 60.3 Å². The monoisotopic (exact) mass is 548 g/mol. The van der Waals surface area contributed by atoms with Crippen LogP contribution in [0.3, 0.4) is 0 Å². The summed E-state index contributed by atoms with van der Waals surface area (Å²) in [6.45, 7) is 1.99. The van der Waals surface area contributed by atoms with Gasteiger partial charge >= 0.3 is 4.87 Å². The third-order valence-corrected chi connectivity index (χ3v) is 9.07. The van der Waals surface area contributed by atoms with Crippen LogP contribution in [0.2, 0.25) is 0 Å². The zero-order valence-corrected chi connectivity index (χ0v) is 21.8. The number of H-pyrrole nitrogens is 1. The summed E-state index contributed by atoms with van der Waals surface area (Å²) in [5.74, 6) is 0.794. The van der Waals surface area contributed by atoms with Gasteiger partial charge in [0.05, 0.1) is 16.8 Å². The molecule has 4 aromatic rings. The van der Waals surface area contributed by atoms with Gasteiger partial charge in [-0.2, -0.15) is 4.37 Å². The molecular weight excluding hydrogens is 524 g/mol. The third-order valence-electron chi connectivity index (χ3n) is 8.03. The largest absolute Gasteiger partial charge is 0.347 e. The Morgan fingerprint density at radius 1 is 1.06 bits per heavy atom. The second-order valence-electron chi connectivity index (χ2n) is 9.95. The van der Waals surface area contributed by atoms with Crippen molar-refractivity contribution in [1.82, 2.24) is 19.7 Å². The van der Waals surface area contributed by atoms with Crippen LogP contribution in [0.25, 0.3) is 22.2 Å². The zero-order valence-electron chi connectivity index (χ0n) is 19.4. The summed E-state index contributed by atoms with van der Waals surface area (Å²) in [6, 6.07) is 15.9. The van der Waals surface area contributed by atoms with Crippen molar-refractivity contribution in [1.29, 1.82) is 0 Å². The maximum atomic E-state index is 14.0. The number of hydrogen-bond acceptors (Lipinski definition) is 5. The molecule has 7 rings (SSSR count). The van der Waals surface area contributed by atoms with E-state index in [9.17, 15) is 9.59 Å². The van der Waals surface area contributed by atoms with Crippen molar-refractivity contribution in [3.63, 3.8) is 0 Å². The lowest BCUT2D eigenvalue weighted by Crippen LogP contribution is -2.58. The van der Waals surface area contributed by atoms with Crippen LogP contribution in [0.5, 0.6) is 0 Å². The molecule has 178 valence electrons. The van der Waals surface area contributed by atoms with Crippen molar-refractivity contribution in [2.24, 2.45) is 0 Å². The number of carbonyl (C=O) groups excluding carboxylic acids is 1. The molecule has 3 fully saturated rings. The van der Waals surface area contributed by atoms with Gasteiger partial charge in [0.25, 0.3) is 5.91 Å². The van der Waals surface area contributed by atoms with Crippen LogP contribution in [-0.4, -0.2) is 25.8 Å².